The van der Waals surface area contributed by atoms with E-state index >= 15 is 0 Å². The Morgan fingerprint density at radius 2 is 1.81 bits per heavy atom. The smallest absolute Gasteiger partial charge is 0.346 e. The van der Waals surface area contributed by atoms with Gasteiger partial charge in [-0.3, -0.25) is 0 Å². The summed E-state index contributed by atoms with van der Waals surface area (Å²) < 4.78 is 10.5. The van der Waals surface area contributed by atoms with Gasteiger partial charge in [-0.1, -0.05) is 35.9 Å². The Bertz CT molecular complexity index is 1010. The fourth-order valence-electron chi connectivity index (χ4n) is 2.31. The van der Waals surface area contributed by atoms with Crippen molar-refractivity contribution in [2.75, 3.05) is 10.6 Å². The first-order chi connectivity index (χ1) is 12.4. The molecule has 2 amide bonds. The van der Waals surface area contributed by atoms with Crippen LogP contribution in [0.5, 0.6) is 5.95 Å². The van der Waals surface area contributed by atoms with Crippen molar-refractivity contribution in [3.63, 3.8) is 0 Å². The van der Waals surface area contributed by atoms with E-state index in [1.807, 2.05) is 18.2 Å². The Balaban J connectivity index is 1.86. The molecule has 0 spiro atoms. The van der Waals surface area contributed by atoms with Gasteiger partial charge in [-0.15, -0.1) is 0 Å². The molecule has 0 aliphatic rings. The van der Waals surface area contributed by atoms with Crippen LogP contribution in [-0.4, -0.2) is 11.0 Å². The fraction of sp³-hybridized carbons (Fsp3) is 0.111. The van der Waals surface area contributed by atoms with E-state index in [0.717, 1.165) is 0 Å². The number of amides is 2. The second-order valence-corrected chi connectivity index (χ2v) is 7.02. The van der Waals surface area contributed by atoms with Crippen molar-refractivity contribution in [3.05, 3.63) is 64.0 Å². The summed E-state index contributed by atoms with van der Waals surface area (Å²) in [6.07, 6.45) is 0. The minimum absolute atomic E-state index is 0.0592. The molecule has 0 aliphatic heterocycles. The maximum Gasteiger partial charge on any atom is 0.346 e. The quantitative estimate of drug-likeness (QED) is 0.549. The maximum absolute atomic E-state index is 12.2. The monoisotopic (exact) mass is 436 g/mol. The molecule has 8 heteroatoms. The second kappa shape index (κ2) is 7.80. The van der Waals surface area contributed by atoms with E-state index in [9.17, 15) is 9.59 Å². The summed E-state index contributed by atoms with van der Waals surface area (Å²) in [6, 6.07) is 13.3. The molecular weight excluding hydrogens is 424 g/mol. The molecule has 0 saturated heterocycles. The minimum atomic E-state index is -0.611. The average Bonchev–Trinajstić information content (AvgIpc) is 2.60. The molecule has 0 radical (unpaired) electrons. The first-order valence-corrected chi connectivity index (χ1v) is 8.93. The van der Waals surface area contributed by atoms with Crippen molar-refractivity contribution in [1.29, 1.82) is 0 Å². The number of halogens is 2. The van der Waals surface area contributed by atoms with Crippen LogP contribution in [0.3, 0.4) is 0 Å². The lowest BCUT2D eigenvalue weighted by Crippen LogP contribution is -2.19. The van der Waals surface area contributed by atoms with Crippen molar-refractivity contribution >= 4 is 55.7 Å². The molecule has 1 unspecified atom stereocenters. The van der Waals surface area contributed by atoms with E-state index in [2.05, 4.69) is 26.6 Å². The van der Waals surface area contributed by atoms with Gasteiger partial charge in [0.05, 0.1) is 5.39 Å². The zero-order valence-corrected chi connectivity index (χ0v) is 15.9. The standard InChI is InChI=1S/C18H14BrClN2O4/c1-10(19)25-17-15(20)13-8-7-12(9-14(13)16(23)26-17)22-18(24)21-11-5-3-2-4-6-11/h2-10H,1H3,(H2,21,22,24). The zero-order valence-electron chi connectivity index (χ0n) is 13.6. The van der Waals surface area contributed by atoms with E-state index < -0.39 is 11.7 Å². The summed E-state index contributed by atoms with van der Waals surface area (Å²) in [5.74, 6) is -0.0592. The lowest BCUT2D eigenvalue weighted by atomic mass is 10.1. The van der Waals surface area contributed by atoms with Gasteiger partial charge in [-0.05, 0) is 47.1 Å². The topological polar surface area (TPSA) is 80.6 Å². The van der Waals surface area contributed by atoms with Crippen LogP contribution in [0, 0.1) is 0 Å². The highest BCUT2D eigenvalue weighted by Crippen LogP contribution is 2.32. The summed E-state index contributed by atoms with van der Waals surface area (Å²) in [5.41, 5.74) is 0.468. The number of ether oxygens (including phenoxy) is 1. The number of carbonyl (C=O) groups excluding carboxylic acids is 1. The predicted molar refractivity (Wildman–Crippen MR) is 106 cm³/mol. The summed E-state index contributed by atoms with van der Waals surface area (Å²) in [5, 5.41) is 5.88. The molecule has 0 fully saturated rings. The van der Waals surface area contributed by atoms with Crippen LogP contribution >= 0.6 is 27.5 Å². The number of hydrogen-bond acceptors (Lipinski definition) is 4. The highest BCUT2D eigenvalue weighted by Gasteiger charge is 2.16. The summed E-state index contributed by atoms with van der Waals surface area (Å²) in [7, 11) is 0. The number of rotatable bonds is 4. The molecule has 1 aromatic heterocycles. The number of hydrogen-bond donors (Lipinski definition) is 2. The van der Waals surface area contributed by atoms with E-state index in [1.165, 1.54) is 6.07 Å². The van der Waals surface area contributed by atoms with Crippen molar-refractivity contribution in [3.8, 4) is 5.95 Å². The molecule has 3 rings (SSSR count). The maximum atomic E-state index is 12.2. The van der Waals surface area contributed by atoms with E-state index in [1.54, 1.807) is 31.2 Å². The molecule has 26 heavy (non-hydrogen) atoms. The molecule has 2 N–H and O–H groups in total. The first-order valence-electron chi connectivity index (χ1n) is 7.64. The number of alkyl halides is 1. The lowest BCUT2D eigenvalue weighted by molar-refractivity contribution is 0.229. The van der Waals surface area contributed by atoms with Crippen LogP contribution in [0.25, 0.3) is 10.8 Å². The third-order valence-corrected chi connectivity index (χ3v) is 3.94. The number of anilines is 2. The van der Waals surface area contributed by atoms with Crippen LogP contribution in [0.2, 0.25) is 5.02 Å². The number of urea groups is 1. The van der Waals surface area contributed by atoms with Gasteiger partial charge < -0.3 is 19.8 Å². The Labute approximate surface area is 162 Å². The highest BCUT2D eigenvalue weighted by molar-refractivity contribution is 9.09. The van der Waals surface area contributed by atoms with Gasteiger partial charge in [0.15, 0.2) is 5.01 Å². The Morgan fingerprint density at radius 3 is 2.50 bits per heavy atom. The number of para-hydroxylation sites is 1. The largest absolute Gasteiger partial charge is 0.449 e. The van der Waals surface area contributed by atoms with Crippen LogP contribution in [0.1, 0.15) is 6.92 Å². The predicted octanol–water partition coefficient (Wildman–Crippen LogP) is 5.21. The molecule has 3 aromatic rings. The molecule has 0 saturated carbocycles. The lowest BCUT2D eigenvalue weighted by Gasteiger charge is -2.11. The second-order valence-electron chi connectivity index (χ2n) is 5.36. The van der Waals surface area contributed by atoms with Crippen molar-refractivity contribution in [2.45, 2.75) is 11.9 Å². The third-order valence-electron chi connectivity index (χ3n) is 3.40. The highest BCUT2D eigenvalue weighted by atomic mass is 79.9. The minimum Gasteiger partial charge on any atom is -0.449 e. The zero-order chi connectivity index (χ0) is 18.7. The first kappa shape index (κ1) is 18.3. The van der Waals surface area contributed by atoms with Crippen molar-refractivity contribution < 1.29 is 13.9 Å². The number of nitrogens with one attached hydrogen (secondary N) is 2. The molecule has 0 bridgehead atoms. The van der Waals surface area contributed by atoms with Gasteiger partial charge in [0.2, 0.25) is 0 Å². The Morgan fingerprint density at radius 1 is 1.12 bits per heavy atom. The van der Waals surface area contributed by atoms with Crippen LogP contribution in [0.15, 0.2) is 57.7 Å². The number of fused-ring (bicyclic) bond motifs is 1. The van der Waals surface area contributed by atoms with E-state index in [4.69, 9.17) is 20.8 Å². The van der Waals surface area contributed by atoms with Gasteiger partial charge >= 0.3 is 17.6 Å². The average molecular weight is 438 g/mol. The van der Waals surface area contributed by atoms with Gasteiger partial charge in [0, 0.05) is 16.8 Å². The SMILES string of the molecule is CC(Br)Oc1oc(=O)c2cc(NC(=O)Nc3ccccc3)ccc2c1Cl. The molecule has 0 aliphatic carbocycles. The normalized spacial score (nSPS) is 11.8. The summed E-state index contributed by atoms with van der Waals surface area (Å²) in [6.45, 7) is 1.72. The third kappa shape index (κ3) is 4.17. The van der Waals surface area contributed by atoms with Gasteiger partial charge in [0.1, 0.15) is 5.02 Å². The van der Waals surface area contributed by atoms with E-state index in [0.29, 0.717) is 16.8 Å². The number of benzene rings is 2. The molecule has 134 valence electrons. The molecule has 2 aromatic carbocycles. The Hall–Kier alpha value is -2.51. The van der Waals surface area contributed by atoms with Gasteiger partial charge in [0.25, 0.3) is 0 Å². The fourth-order valence-corrected chi connectivity index (χ4v) is 2.73. The molecular formula is C18H14BrClN2O4. The van der Waals surface area contributed by atoms with Crippen LogP contribution < -0.4 is 21.0 Å². The van der Waals surface area contributed by atoms with Crippen molar-refractivity contribution in [1.82, 2.24) is 0 Å². The molecule has 6 nitrogen and oxygen atoms in total. The van der Waals surface area contributed by atoms with Crippen molar-refractivity contribution in [2.24, 2.45) is 0 Å². The number of carbonyl (C=O) groups is 1. The Kier molecular flexibility index (Phi) is 5.49. The van der Waals surface area contributed by atoms with Gasteiger partial charge in [-0.2, -0.15) is 0 Å². The molecule has 1 heterocycles. The summed E-state index contributed by atoms with van der Waals surface area (Å²) >= 11 is 9.45. The van der Waals surface area contributed by atoms with Crippen LogP contribution in [0.4, 0.5) is 16.2 Å². The summed E-state index contributed by atoms with van der Waals surface area (Å²) in [4.78, 5) is 24.3. The van der Waals surface area contributed by atoms with E-state index in [-0.39, 0.29) is 21.4 Å². The van der Waals surface area contributed by atoms with Crippen LogP contribution in [-0.2, 0) is 0 Å². The molecule has 1 atom stereocenters. The van der Waals surface area contributed by atoms with Gasteiger partial charge in [-0.25, -0.2) is 9.59 Å².